The number of piperidine rings is 1. The summed E-state index contributed by atoms with van der Waals surface area (Å²) in [5, 5.41) is 0. The highest BCUT2D eigenvalue weighted by Crippen LogP contribution is 2.27. The molecule has 1 saturated heterocycles. The molecule has 3 rings (SSSR count). The lowest BCUT2D eigenvalue weighted by molar-refractivity contribution is -0.139. The molecule has 0 radical (unpaired) electrons. The lowest BCUT2D eigenvalue weighted by Crippen LogP contribution is -2.45. The monoisotopic (exact) mass is 287 g/mol. The van der Waals surface area contributed by atoms with Gasteiger partial charge in [-0.1, -0.05) is 13.0 Å². The van der Waals surface area contributed by atoms with Gasteiger partial charge in [-0.25, -0.2) is 0 Å². The largest absolute Gasteiger partial charge is 0.481 e. The van der Waals surface area contributed by atoms with Crippen LogP contribution < -0.4 is 4.74 Å². The molecule has 0 spiro atoms. The normalized spacial score (nSPS) is 22.8. The topological polar surface area (TPSA) is 29.5 Å². The third-order valence-electron chi connectivity index (χ3n) is 4.70. The quantitative estimate of drug-likeness (QED) is 0.854. The van der Waals surface area contributed by atoms with Crippen LogP contribution in [-0.4, -0.2) is 30.0 Å². The Bertz CT molecular complexity index is 526. The van der Waals surface area contributed by atoms with Gasteiger partial charge in [-0.2, -0.15) is 0 Å². The van der Waals surface area contributed by atoms with Crippen molar-refractivity contribution < 1.29 is 9.53 Å². The van der Waals surface area contributed by atoms with Crippen LogP contribution in [0.2, 0.25) is 0 Å². The highest BCUT2D eigenvalue weighted by Gasteiger charge is 2.26. The minimum absolute atomic E-state index is 0.127. The first-order valence-corrected chi connectivity index (χ1v) is 8.21. The molecular weight excluding hydrogens is 262 g/mol. The average molecular weight is 287 g/mol. The van der Waals surface area contributed by atoms with Crippen LogP contribution in [0.5, 0.6) is 5.75 Å². The number of rotatable bonds is 3. The number of ether oxygens (including phenoxy) is 1. The van der Waals surface area contributed by atoms with Crippen LogP contribution in [0.25, 0.3) is 0 Å². The number of carbonyl (C=O) groups is 1. The van der Waals surface area contributed by atoms with Crippen molar-refractivity contribution in [3.05, 3.63) is 29.3 Å². The molecule has 1 aromatic rings. The lowest BCUT2D eigenvalue weighted by Gasteiger charge is -2.32. The summed E-state index contributed by atoms with van der Waals surface area (Å²) >= 11 is 0. The number of amides is 1. The van der Waals surface area contributed by atoms with E-state index in [0.29, 0.717) is 5.92 Å². The van der Waals surface area contributed by atoms with Gasteiger partial charge in [-0.3, -0.25) is 4.79 Å². The molecule has 0 N–H and O–H groups in total. The van der Waals surface area contributed by atoms with Gasteiger partial charge >= 0.3 is 0 Å². The molecule has 1 aliphatic carbocycles. The number of carbonyl (C=O) groups excluding carboxylic acids is 1. The molecule has 21 heavy (non-hydrogen) atoms. The number of nitrogens with zero attached hydrogens (tertiary/aromatic N) is 1. The third kappa shape index (κ3) is 3.22. The lowest BCUT2D eigenvalue weighted by atomic mass is 10.00. The third-order valence-corrected chi connectivity index (χ3v) is 4.70. The van der Waals surface area contributed by atoms with Crippen molar-refractivity contribution in [1.82, 2.24) is 4.90 Å². The minimum atomic E-state index is -0.394. The van der Waals surface area contributed by atoms with E-state index < -0.39 is 6.10 Å². The Kier molecular flexibility index (Phi) is 4.18. The Morgan fingerprint density at radius 1 is 1.29 bits per heavy atom. The summed E-state index contributed by atoms with van der Waals surface area (Å²) in [6.07, 6.45) is 5.49. The van der Waals surface area contributed by atoms with Crippen LogP contribution in [0.1, 0.15) is 44.2 Å². The van der Waals surface area contributed by atoms with Crippen LogP contribution in [0.4, 0.5) is 0 Å². The minimum Gasteiger partial charge on any atom is -0.481 e. The number of fused-ring (bicyclic) bond motifs is 1. The van der Waals surface area contributed by atoms with Gasteiger partial charge in [-0.05, 0) is 68.2 Å². The summed E-state index contributed by atoms with van der Waals surface area (Å²) < 4.78 is 5.90. The van der Waals surface area contributed by atoms with Gasteiger partial charge in [0.05, 0.1) is 0 Å². The Morgan fingerprint density at radius 2 is 2.10 bits per heavy atom. The first kappa shape index (κ1) is 14.4. The maximum absolute atomic E-state index is 12.5. The van der Waals surface area contributed by atoms with Crippen molar-refractivity contribution in [2.24, 2.45) is 5.92 Å². The molecule has 0 bridgehead atoms. The summed E-state index contributed by atoms with van der Waals surface area (Å²) in [6.45, 7) is 5.83. The van der Waals surface area contributed by atoms with E-state index in [-0.39, 0.29) is 5.91 Å². The van der Waals surface area contributed by atoms with Gasteiger partial charge in [0.25, 0.3) is 5.91 Å². The molecule has 1 heterocycles. The van der Waals surface area contributed by atoms with E-state index in [1.165, 1.54) is 30.4 Å². The van der Waals surface area contributed by atoms with Crippen molar-refractivity contribution in [1.29, 1.82) is 0 Å². The second-order valence-electron chi connectivity index (χ2n) is 6.58. The molecular formula is C18H25NO2. The Morgan fingerprint density at radius 3 is 2.90 bits per heavy atom. The summed E-state index contributed by atoms with van der Waals surface area (Å²) in [7, 11) is 0. The molecule has 1 aliphatic heterocycles. The van der Waals surface area contributed by atoms with Gasteiger partial charge < -0.3 is 9.64 Å². The van der Waals surface area contributed by atoms with Crippen molar-refractivity contribution in [2.45, 2.75) is 52.1 Å². The van der Waals surface area contributed by atoms with E-state index in [1.54, 1.807) is 0 Å². The second-order valence-corrected chi connectivity index (χ2v) is 6.58. The standard InChI is InChI=1S/C18H25NO2/c1-13-5-4-10-19(12-13)18(20)14(2)21-17-9-8-15-6-3-7-16(15)11-17/h8-9,11,13-14H,3-7,10,12H2,1-2H3/t13-,14+/m1/s1. The zero-order valence-corrected chi connectivity index (χ0v) is 13.1. The van der Waals surface area contributed by atoms with Gasteiger partial charge in [0.15, 0.2) is 6.10 Å². The summed E-state index contributed by atoms with van der Waals surface area (Å²) in [5.41, 5.74) is 2.82. The van der Waals surface area contributed by atoms with Gasteiger partial charge in [-0.15, -0.1) is 0 Å². The van der Waals surface area contributed by atoms with E-state index in [9.17, 15) is 4.79 Å². The second kappa shape index (κ2) is 6.08. The van der Waals surface area contributed by atoms with E-state index in [4.69, 9.17) is 4.74 Å². The fourth-order valence-corrected chi connectivity index (χ4v) is 3.52. The van der Waals surface area contributed by atoms with Gasteiger partial charge in [0.1, 0.15) is 5.75 Å². The molecule has 3 heteroatoms. The predicted octanol–water partition coefficient (Wildman–Crippen LogP) is 3.20. The number of aryl methyl sites for hydroxylation is 2. The molecule has 0 aromatic heterocycles. The summed E-state index contributed by atoms with van der Waals surface area (Å²) in [5.74, 6) is 1.57. The van der Waals surface area contributed by atoms with E-state index in [0.717, 1.165) is 31.7 Å². The first-order chi connectivity index (χ1) is 10.1. The average Bonchev–Trinajstić information content (AvgIpc) is 2.94. The van der Waals surface area contributed by atoms with Gasteiger partial charge in [0, 0.05) is 13.1 Å². The molecule has 3 nitrogen and oxygen atoms in total. The molecule has 0 saturated carbocycles. The summed E-state index contributed by atoms with van der Waals surface area (Å²) in [4.78, 5) is 14.4. The van der Waals surface area contributed by atoms with Crippen LogP contribution in [0.15, 0.2) is 18.2 Å². The van der Waals surface area contributed by atoms with E-state index in [2.05, 4.69) is 19.1 Å². The maximum atomic E-state index is 12.5. The van der Waals surface area contributed by atoms with Crippen LogP contribution in [0, 0.1) is 5.92 Å². The molecule has 2 atom stereocenters. The van der Waals surface area contributed by atoms with Crippen molar-refractivity contribution in [2.75, 3.05) is 13.1 Å². The SMILES string of the molecule is C[C@@H]1CCCN(C(=O)[C@H](C)Oc2ccc3c(c2)CCC3)C1. The van der Waals surface area contributed by atoms with E-state index in [1.807, 2.05) is 17.9 Å². The smallest absolute Gasteiger partial charge is 0.263 e. The number of benzene rings is 1. The first-order valence-electron chi connectivity index (χ1n) is 8.21. The zero-order chi connectivity index (χ0) is 14.8. The van der Waals surface area contributed by atoms with Crippen molar-refractivity contribution >= 4 is 5.91 Å². The molecule has 1 aromatic carbocycles. The molecule has 2 aliphatic rings. The van der Waals surface area contributed by atoms with E-state index >= 15 is 0 Å². The summed E-state index contributed by atoms with van der Waals surface area (Å²) in [6, 6.07) is 6.27. The Labute approximate surface area is 127 Å². The Hall–Kier alpha value is -1.51. The van der Waals surface area contributed by atoms with Crippen LogP contribution in [0.3, 0.4) is 0 Å². The highest BCUT2D eigenvalue weighted by molar-refractivity contribution is 5.81. The molecule has 0 unspecified atom stereocenters. The van der Waals surface area contributed by atoms with Gasteiger partial charge in [0.2, 0.25) is 0 Å². The number of likely N-dealkylation sites (tertiary alicyclic amines) is 1. The number of hydrogen-bond donors (Lipinski definition) is 0. The molecule has 1 fully saturated rings. The van der Waals surface area contributed by atoms with Crippen LogP contribution in [-0.2, 0) is 17.6 Å². The van der Waals surface area contributed by atoms with Crippen molar-refractivity contribution in [3.8, 4) is 5.75 Å². The highest BCUT2D eigenvalue weighted by atomic mass is 16.5. The zero-order valence-electron chi connectivity index (χ0n) is 13.1. The fourth-order valence-electron chi connectivity index (χ4n) is 3.52. The van der Waals surface area contributed by atoms with Crippen molar-refractivity contribution in [3.63, 3.8) is 0 Å². The Balaban J connectivity index is 1.62. The fraction of sp³-hybridized carbons (Fsp3) is 0.611. The predicted molar refractivity (Wildman–Crippen MR) is 83.5 cm³/mol. The van der Waals surface area contributed by atoms with Crippen LogP contribution >= 0.6 is 0 Å². The molecule has 1 amide bonds. The maximum Gasteiger partial charge on any atom is 0.263 e. The number of hydrogen-bond acceptors (Lipinski definition) is 2. The molecule has 114 valence electrons.